The van der Waals surface area contributed by atoms with Crippen molar-refractivity contribution in [1.82, 2.24) is 4.90 Å². The molecule has 0 spiro atoms. The highest BCUT2D eigenvalue weighted by atomic mass is 16.6. The van der Waals surface area contributed by atoms with Gasteiger partial charge in [-0.3, -0.25) is 4.79 Å². The maximum atomic E-state index is 11.9. The summed E-state index contributed by atoms with van der Waals surface area (Å²) in [4.78, 5) is 24.1. The van der Waals surface area contributed by atoms with Crippen LogP contribution in [-0.4, -0.2) is 47.0 Å². The molecular weight excluding hydrogens is 260 g/mol. The third-order valence-electron chi connectivity index (χ3n) is 3.04. The van der Waals surface area contributed by atoms with E-state index in [2.05, 4.69) is 0 Å². The van der Waals surface area contributed by atoms with Gasteiger partial charge in [0.2, 0.25) is 5.91 Å². The second-order valence-electron chi connectivity index (χ2n) is 4.61. The van der Waals surface area contributed by atoms with Gasteiger partial charge in [0.1, 0.15) is 6.61 Å². The number of cyclic esters (lactones) is 1. The van der Waals surface area contributed by atoms with Crippen LogP contribution in [0.4, 0.5) is 4.79 Å². The van der Waals surface area contributed by atoms with Crippen LogP contribution in [0.3, 0.4) is 0 Å². The smallest absolute Gasteiger partial charge is 0.416 e. The van der Waals surface area contributed by atoms with E-state index in [0.717, 1.165) is 15.2 Å². The molecule has 1 unspecified atom stereocenters. The van der Waals surface area contributed by atoms with Crippen molar-refractivity contribution in [3.63, 3.8) is 0 Å². The monoisotopic (exact) mass is 276 g/mol. The van der Waals surface area contributed by atoms with E-state index >= 15 is 0 Å². The van der Waals surface area contributed by atoms with Crippen molar-refractivity contribution in [1.29, 1.82) is 0 Å². The highest BCUT2D eigenvalue weighted by Gasteiger charge is 2.30. The molecule has 0 N–H and O–H groups in total. The minimum Gasteiger partial charge on any atom is -0.624 e. The van der Waals surface area contributed by atoms with E-state index in [9.17, 15) is 14.8 Å². The minimum atomic E-state index is -0.633. The predicted molar refractivity (Wildman–Crippen MR) is 72.4 cm³/mol. The second-order valence-corrected chi connectivity index (χ2v) is 4.61. The lowest BCUT2D eigenvalue weighted by Crippen LogP contribution is -2.35. The van der Waals surface area contributed by atoms with Gasteiger partial charge < -0.3 is 9.94 Å². The average molecular weight is 276 g/mol. The van der Waals surface area contributed by atoms with Gasteiger partial charge in [-0.1, -0.05) is 18.2 Å². The average Bonchev–Trinajstić information content (AvgIpc) is 2.86. The fourth-order valence-corrected chi connectivity index (χ4v) is 1.89. The maximum Gasteiger partial charge on any atom is 0.416 e. The lowest BCUT2D eigenvalue weighted by Gasteiger charge is -2.15. The molecule has 20 heavy (non-hydrogen) atoms. The van der Waals surface area contributed by atoms with E-state index in [0.29, 0.717) is 0 Å². The topological polar surface area (TPSA) is 72.7 Å². The number of imide groups is 1. The molecule has 1 fully saturated rings. The summed E-state index contributed by atoms with van der Waals surface area (Å²) in [5.74, 6) is -0.387. The molecule has 1 aromatic carbocycles. The van der Waals surface area contributed by atoms with Gasteiger partial charge >= 0.3 is 6.09 Å². The van der Waals surface area contributed by atoms with Crippen LogP contribution in [0.25, 0.3) is 0 Å². The summed E-state index contributed by atoms with van der Waals surface area (Å²) in [5.41, 5.74) is 0.766. The molecule has 2 amide bonds. The number of hydroxylamine groups is 1. The van der Waals surface area contributed by atoms with Crippen LogP contribution >= 0.6 is 0 Å². The zero-order valence-electron chi connectivity index (χ0n) is 11.2. The fraction of sp³-hybridized carbons (Fsp3) is 0.357. The maximum absolute atomic E-state index is 11.9. The second kappa shape index (κ2) is 6.18. The Bertz CT molecular complexity index is 527. The molecule has 0 aliphatic carbocycles. The number of rotatable bonds is 4. The van der Waals surface area contributed by atoms with Crippen molar-refractivity contribution in [3.8, 4) is 0 Å². The van der Waals surface area contributed by atoms with Crippen molar-refractivity contribution in [2.24, 2.45) is 0 Å². The molecule has 6 heteroatoms. The summed E-state index contributed by atoms with van der Waals surface area (Å²) in [6.07, 6.45) is 0.772. The van der Waals surface area contributed by atoms with Crippen molar-refractivity contribution in [3.05, 3.63) is 41.1 Å². The van der Waals surface area contributed by atoms with E-state index in [1.165, 1.54) is 6.21 Å². The zero-order chi connectivity index (χ0) is 14.5. The molecule has 1 saturated heterocycles. The first kappa shape index (κ1) is 14.0. The summed E-state index contributed by atoms with van der Waals surface area (Å²) >= 11 is 0. The summed E-state index contributed by atoms with van der Waals surface area (Å²) in [7, 11) is 0. The van der Waals surface area contributed by atoms with E-state index in [-0.39, 0.29) is 25.5 Å². The Morgan fingerprint density at radius 1 is 1.50 bits per heavy atom. The van der Waals surface area contributed by atoms with E-state index in [4.69, 9.17) is 4.74 Å². The lowest BCUT2D eigenvalue weighted by molar-refractivity contribution is -0.490. The van der Waals surface area contributed by atoms with Crippen molar-refractivity contribution >= 4 is 18.2 Å². The Labute approximate surface area is 116 Å². The van der Waals surface area contributed by atoms with Gasteiger partial charge in [-0.25, -0.2) is 14.4 Å². The summed E-state index contributed by atoms with van der Waals surface area (Å²) in [6, 6.07) is 8.58. The third kappa shape index (κ3) is 3.34. The van der Waals surface area contributed by atoms with Crippen LogP contribution in [0.15, 0.2) is 30.3 Å². The number of carbonyl (C=O) groups is 2. The summed E-state index contributed by atoms with van der Waals surface area (Å²) in [5, 5.41) is 11.9. The van der Waals surface area contributed by atoms with Crippen LogP contribution in [-0.2, 0) is 9.53 Å². The first-order chi connectivity index (χ1) is 9.58. The normalized spacial score (nSPS) is 16.9. The number of hydrogen-bond donors (Lipinski definition) is 0. The number of benzene rings is 1. The molecular formula is C14H16N2O4. The van der Waals surface area contributed by atoms with Crippen LogP contribution in [0.5, 0.6) is 0 Å². The standard InChI is InChI=1S/C14H16N2O4/c1-11(9-13(17)15-7-8-20-14(15)18)16(19)10-12-5-3-2-4-6-12/h2-6,10-11H,7-9H2,1H3/b16-10+. The van der Waals surface area contributed by atoms with Crippen molar-refractivity contribution in [2.75, 3.05) is 13.2 Å². The van der Waals surface area contributed by atoms with E-state index in [1.807, 2.05) is 18.2 Å². The molecule has 2 rings (SSSR count). The number of amides is 2. The predicted octanol–water partition coefficient (Wildman–Crippen LogP) is 1.37. The molecule has 1 heterocycles. The molecule has 1 atom stereocenters. The lowest BCUT2D eigenvalue weighted by atomic mass is 10.2. The molecule has 1 aliphatic rings. The van der Waals surface area contributed by atoms with Gasteiger partial charge in [-0.05, 0) is 19.1 Å². The Morgan fingerprint density at radius 3 is 2.80 bits per heavy atom. The number of carbonyl (C=O) groups excluding carboxylic acids is 2. The van der Waals surface area contributed by atoms with Crippen LogP contribution in [0.1, 0.15) is 18.9 Å². The minimum absolute atomic E-state index is 0.0259. The largest absolute Gasteiger partial charge is 0.624 e. The highest BCUT2D eigenvalue weighted by Crippen LogP contribution is 2.08. The SMILES string of the molecule is CC(CC(=O)N1CCOC1=O)/[N+]([O-])=C\c1ccccc1. The van der Waals surface area contributed by atoms with Gasteiger partial charge in [0.15, 0.2) is 12.3 Å². The Kier molecular flexibility index (Phi) is 4.34. The fourth-order valence-electron chi connectivity index (χ4n) is 1.89. The molecule has 106 valence electrons. The first-order valence-corrected chi connectivity index (χ1v) is 6.40. The van der Waals surface area contributed by atoms with Crippen LogP contribution in [0, 0.1) is 5.21 Å². The first-order valence-electron chi connectivity index (χ1n) is 6.40. The van der Waals surface area contributed by atoms with E-state index in [1.54, 1.807) is 19.1 Å². The molecule has 6 nitrogen and oxygen atoms in total. The Morgan fingerprint density at radius 2 is 2.20 bits per heavy atom. The van der Waals surface area contributed by atoms with Gasteiger partial charge in [-0.2, -0.15) is 0 Å². The quantitative estimate of drug-likeness (QED) is 0.360. The molecule has 0 aromatic heterocycles. The van der Waals surface area contributed by atoms with Gasteiger partial charge in [0.25, 0.3) is 0 Å². The van der Waals surface area contributed by atoms with Crippen LogP contribution in [0.2, 0.25) is 0 Å². The molecule has 0 saturated carbocycles. The Hall–Kier alpha value is -2.37. The number of hydrogen-bond acceptors (Lipinski definition) is 4. The zero-order valence-corrected chi connectivity index (χ0v) is 11.2. The number of nitrogens with zero attached hydrogens (tertiary/aromatic N) is 2. The number of ether oxygens (including phenoxy) is 1. The summed E-state index contributed by atoms with van der Waals surface area (Å²) in [6.45, 7) is 2.12. The summed E-state index contributed by atoms with van der Waals surface area (Å²) < 4.78 is 5.42. The van der Waals surface area contributed by atoms with Gasteiger partial charge in [-0.15, -0.1) is 0 Å². The highest BCUT2D eigenvalue weighted by molar-refractivity contribution is 5.93. The van der Waals surface area contributed by atoms with Gasteiger partial charge in [0, 0.05) is 5.56 Å². The van der Waals surface area contributed by atoms with E-state index < -0.39 is 12.1 Å². The van der Waals surface area contributed by atoms with Gasteiger partial charge in [0.05, 0.1) is 13.0 Å². The molecule has 0 bridgehead atoms. The van der Waals surface area contributed by atoms with Crippen molar-refractivity contribution < 1.29 is 19.1 Å². The Balaban J connectivity index is 1.97. The molecule has 1 aliphatic heterocycles. The molecule has 0 radical (unpaired) electrons. The van der Waals surface area contributed by atoms with Crippen LogP contribution < -0.4 is 0 Å². The molecule has 1 aromatic rings. The van der Waals surface area contributed by atoms with Crippen molar-refractivity contribution in [2.45, 2.75) is 19.4 Å². The third-order valence-corrected chi connectivity index (χ3v) is 3.04.